The lowest BCUT2D eigenvalue weighted by molar-refractivity contribution is -0.181. The lowest BCUT2D eigenvalue weighted by Gasteiger charge is -2.07. The zero-order valence-electron chi connectivity index (χ0n) is 10.5. The molecule has 0 aliphatic rings. The monoisotopic (exact) mass is 265 g/mol. The molecule has 1 heterocycles. The predicted octanol–water partition coefficient (Wildman–Crippen LogP) is 2.17. The highest BCUT2D eigenvalue weighted by Gasteiger charge is 2.27. The van der Waals surface area contributed by atoms with E-state index in [0.29, 0.717) is 12.5 Å². The molecule has 0 atom stereocenters. The van der Waals surface area contributed by atoms with E-state index in [1.165, 1.54) is 10.9 Å². The lowest BCUT2D eigenvalue weighted by Crippen LogP contribution is -2.19. The van der Waals surface area contributed by atoms with E-state index in [-0.39, 0.29) is 6.73 Å². The summed E-state index contributed by atoms with van der Waals surface area (Å²) in [4.78, 5) is 4.07. The van der Waals surface area contributed by atoms with Crippen molar-refractivity contribution in [2.75, 3.05) is 13.2 Å². The van der Waals surface area contributed by atoms with Gasteiger partial charge < -0.3 is 14.6 Å². The molecule has 0 aliphatic heterocycles. The van der Waals surface area contributed by atoms with Gasteiger partial charge in [0.2, 0.25) is 0 Å². The zero-order chi connectivity index (χ0) is 13.6. The summed E-state index contributed by atoms with van der Waals surface area (Å²) >= 11 is 0. The van der Waals surface area contributed by atoms with E-state index >= 15 is 0 Å². The molecule has 0 spiro atoms. The summed E-state index contributed by atoms with van der Waals surface area (Å²) < 4.78 is 41.5. The first kappa shape index (κ1) is 15.0. The normalized spacial score (nSPS) is 12.3. The van der Waals surface area contributed by atoms with Crippen molar-refractivity contribution >= 4 is 0 Å². The molecule has 1 N–H and O–H groups in total. The summed E-state index contributed by atoms with van der Waals surface area (Å²) in [5.74, 6) is 0.544. The van der Waals surface area contributed by atoms with Crippen LogP contribution in [0.15, 0.2) is 12.5 Å². The van der Waals surface area contributed by atoms with Gasteiger partial charge in [0.05, 0.1) is 12.0 Å². The molecule has 0 radical (unpaired) electrons. The molecule has 1 aromatic heterocycles. The number of aromatic nitrogens is 2. The van der Waals surface area contributed by atoms with Crippen LogP contribution in [0.25, 0.3) is 0 Å². The minimum Gasteiger partial charge on any atom is -0.351 e. The Bertz CT molecular complexity index is 350. The van der Waals surface area contributed by atoms with Crippen LogP contribution in [0.5, 0.6) is 0 Å². The molecule has 0 amide bonds. The first-order valence-electron chi connectivity index (χ1n) is 5.72. The Labute approximate surface area is 104 Å². The van der Waals surface area contributed by atoms with Crippen molar-refractivity contribution < 1.29 is 17.9 Å². The Kier molecular flexibility index (Phi) is 5.61. The second-order valence-electron chi connectivity index (χ2n) is 4.50. The number of nitrogens with one attached hydrogen (secondary N) is 1. The molecule has 1 aromatic rings. The third kappa shape index (κ3) is 6.61. The SMILES string of the molecule is CC(C)CNCc1cn(COCC(F)(F)F)cn1. The van der Waals surface area contributed by atoms with Crippen LogP contribution in [0.4, 0.5) is 13.2 Å². The second-order valence-corrected chi connectivity index (χ2v) is 4.50. The van der Waals surface area contributed by atoms with Crippen molar-refractivity contribution in [3.63, 3.8) is 0 Å². The highest BCUT2D eigenvalue weighted by molar-refractivity contribution is 4.95. The standard InChI is InChI=1S/C11H18F3N3O/c1-9(2)3-15-4-10-5-17(7-16-10)8-18-6-11(12,13)14/h5,7,9,15H,3-4,6,8H2,1-2H3. The first-order valence-corrected chi connectivity index (χ1v) is 5.72. The fourth-order valence-electron chi connectivity index (χ4n) is 1.32. The van der Waals surface area contributed by atoms with Crippen LogP contribution in [-0.2, 0) is 18.0 Å². The number of imidazole rings is 1. The predicted molar refractivity (Wildman–Crippen MR) is 60.8 cm³/mol. The van der Waals surface area contributed by atoms with Gasteiger partial charge in [0.1, 0.15) is 13.3 Å². The maximum atomic E-state index is 11.8. The molecule has 18 heavy (non-hydrogen) atoms. The highest BCUT2D eigenvalue weighted by Crippen LogP contribution is 2.14. The van der Waals surface area contributed by atoms with Crippen molar-refractivity contribution in [2.24, 2.45) is 5.92 Å². The maximum Gasteiger partial charge on any atom is 0.411 e. The van der Waals surface area contributed by atoms with Crippen molar-refractivity contribution in [1.82, 2.24) is 14.9 Å². The van der Waals surface area contributed by atoms with Gasteiger partial charge in [-0.05, 0) is 12.5 Å². The second kappa shape index (κ2) is 6.75. The van der Waals surface area contributed by atoms with Gasteiger partial charge in [0.15, 0.2) is 0 Å². The smallest absolute Gasteiger partial charge is 0.351 e. The zero-order valence-corrected chi connectivity index (χ0v) is 10.5. The average Bonchev–Trinajstić information content (AvgIpc) is 2.63. The van der Waals surface area contributed by atoms with Gasteiger partial charge >= 0.3 is 6.18 Å². The van der Waals surface area contributed by atoms with Crippen LogP contribution >= 0.6 is 0 Å². The number of halogens is 3. The largest absolute Gasteiger partial charge is 0.411 e. The third-order valence-electron chi connectivity index (χ3n) is 2.05. The van der Waals surface area contributed by atoms with E-state index in [1.54, 1.807) is 6.20 Å². The number of ether oxygens (including phenoxy) is 1. The van der Waals surface area contributed by atoms with Crippen molar-refractivity contribution in [3.8, 4) is 0 Å². The molecule has 0 saturated carbocycles. The van der Waals surface area contributed by atoms with E-state index in [0.717, 1.165) is 12.2 Å². The van der Waals surface area contributed by atoms with Crippen molar-refractivity contribution in [3.05, 3.63) is 18.2 Å². The Morgan fingerprint density at radius 3 is 2.78 bits per heavy atom. The van der Waals surface area contributed by atoms with Gasteiger partial charge in [-0.25, -0.2) is 4.98 Å². The van der Waals surface area contributed by atoms with Gasteiger partial charge in [0, 0.05) is 12.7 Å². The number of alkyl halides is 3. The summed E-state index contributed by atoms with van der Waals surface area (Å²) in [6.45, 7) is 4.28. The quantitative estimate of drug-likeness (QED) is 0.821. The molecule has 0 saturated heterocycles. The molecule has 4 nitrogen and oxygen atoms in total. The minimum atomic E-state index is -4.29. The van der Waals surface area contributed by atoms with E-state index in [9.17, 15) is 13.2 Å². The van der Waals surface area contributed by atoms with E-state index < -0.39 is 12.8 Å². The van der Waals surface area contributed by atoms with Gasteiger partial charge in [-0.1, -0.05) is 13.8 Å². The van der Waals surface area contributed by atoms with Crippen molar-refractivity contribution in [1.29, 1.82) is 0 Å². The number of nitrogens with zero attached hydrogens (tertiary/aromatic N) is 2. The summed E-state index contributed by atoms with van der Waals surface area (Å²) in [7, 11) is 0. The number of hydrogen-bond acceptors (Lipinski definition) is 3. The van der Waals surface area contributed by atoms with Crippen molar-refractivity contribution in [2.45, 2.75) is 33.3 Å². The van der Waals surface area contributed by atoms with E-state index in [4.69, 9.17) is 0 Å². The van der Waals surface area contributed by atoms with Gasteiger partial charge in [-0.3, -0.25) is 0 Å². The third-order valence-corrected chi connectivity index (χ3v) is 2.05. The highest BCUT2D eigenvalue weighted by atomic mass is 19.4. The van der Waals surface area contributed by atoms with Gasteiger partial charge in [-0.2, -0.15) is 13.2 Å². The Balaban J connectivity index is 2.26. The number of hydrogen-bond donors (Lipinski definition) is 1. The first-order chi connectivity index (χ1) is 8.37. The summed E-state index contributed by atoms with van der Waals surface area (Å²) in [6.07, 6.45) is -1.16. The Hall–Kier alpha value is -1.08. The molecule has 1 rings (SSSR count). The molecule has 7 heteroatoms. The summed E-state index contributed by atoms with van der Waals surface area (Å²) in [6, 6.07) is 0. The molecule has 0 fully saturated rings. The summed E-state index contributed by atoms with van der Waals surface area (Å²) in [5.41, 5.74) is 0.784. The van der Waals surface area contributed by atoms with Crippen LogP contribution < -0.4 is 5.32 Å². The number of rotatable bonds is 7. The molecular formula is C11H18F3N3O. The van der Waals surface area contributed by atoms with Gasteiger partial charge in [-0.15, -0.1) is 0 Å². The fourth-order valence-corrected chi connectivity index (χ4v) is 1.32. The topological polar surface area (TPSA) is 39.1 Å². The lowest BCUT2D eigenvalue weighted by atomic mass is 10.2. The Morgan fingerprint density at radius 2 is 2.17 bits per heavy atom. The van der Waals surface area contributed by atoms with Crippen LogP contribution in [0.1, 0.15) is 19.5 Å². The Morgan fingerprint density at radius 1 is 1.44 bits per heavy atom. The van der Waals surface area contributed by atoms with Crippen LogP contribution in [-0.4, -0.2) is 28.9 Å². The average molecular weight is 265 g/mol. The maximum absolute atomic E-state index is 11.8. The van der Waals surface area contributed by atoms with Crippen LogP contribution in [0.2, 0.25) is 0 Å². The van der Waals surface area contributed by atoms with E-state index in [1.807, 2.05) is 0 Å². The molecular weight excluding hydrogens is 247 g/mol. The van der Waals surface area contributed by atoms with Crippen LogP contribution in [0, 0.1) is 5.92 Å². The van der Waals surface area contributed by atoms with E-state index in [2.05, 4.69) is 28.9 Å². The fraction of sp³-hybridized carbons (Fsp3) is 0.727. The van der Waals surface area contributed by atoms with Gasteiger partial charge in [0.25, 0.3) is 0 Å². The minimum absolute atomic E-state index is 0.142. The molecule has 0 unspecified atom stereocenters. The molecule has 0 bridgehead atoms. The molecule has 104 valence electrons. The molecule has 0 aromatic carbocycles. The molecule has 0 aliphatic carbocycles. The van der Waals surface area contributed by atoms with Crippen LogP contribution in [0.3, 0.4) is 0 Å². The summed E-state index contributed by atoms with van der Waals surface area (Å²) in [5, 5.41) is 3.20.